The number of carbonyl (C=O) groups excluding carboxylic acids is 1. The molecule has 5 rings (SSSR count). The van der Waals surface area contributed by atoms with Gasteiger partial charge in [-0.05, 0) is 47.9 Å². The van der Waals surface area contributed by atoms with Gasteiger partial charge in [0.2, 0.25) is 0 Å². The van der Waals surface area contributed by atoms with Crippen molar-refractivity contribution in [2.45, 2.75) is 20.0 Å². The van der Waals surface area contributed by atoms with Gasteiger partial charge in [0, 0.05) is 28.2 Å². The predicted molar refractivity (Wildman–Crippen MR) is 135 cm³/mol. The highest BCUT2D eigenvalue weighted by molar-refractivity contribution is 7.16. The molecule has 3 heterocycles. The normalized spacial score (nSPS) is 10.9. The largest absolute Gasteiger partial charge is 0.347 e. The lowest BCUT2D eigenvalue weighted by Crippen LogP contribution is -2.22. The standard InChI is InChI=1S/C26H22N4OS2/c1-18-29-24(17-32-18)25-12-11-21(33-25)15-27-26(31)23-6-3-2-5-22(23)20-9-7-19(8-10-20)16-30-14-4-13-28-30/h2-14,17H,15-16H2,1H3,(H,27,31). The van der Waals surface area contributed by atoms with E-state index in [0.717, 1.165) is 43.7 Å². The molecule has 7 heteroatoms. The van der Waals surface area contributed by atoms with E-state index in [9.17, 15) is 4.79 Å². The van der Waals surface area contributed by atoms with Gasteiger partial charge in [0.05, 0.1) is 28.7 Å². The summed E-state index contributed by atoms with van der Waals surface area (Å²) in [6.45, 7) is 3.22. The van der Waals surface area contributed by atoms with Crippen molar-refractivity contribution in [3.8, 4) is 21.7 Å². The Labute approximate surface area is 200 Å². The zero-order valence-electron chi connectivity index (χ0n) is 18.1. The molecule has 2 aromatic carbocycles. The summed E-state index contributed by atoms with van der Waals surface area (Å²) in [5, 5.41) is 10.5. The smallest absolute Gasteiger partial charge is 0.252 e. The summed E-state index contributed by atoms with van der Waals surface area (Å²) < 4.78 is 1.89. The number of thiophene rings is 1. The van der Waals surface area contributed by atoms with Crippen molar-refractivity contribution in [3.63, 3.8) is 0 Å². The van der Waals surface area contributed by atoms with Crippen molar-refractivity contribution < 1.29 is 4.79 Å². The Morgan fingerprint density at radius 3 is 2.64 bits per heavy atom. The fourth-order valence-corrected chi connectivity index (χ4v) is 5.25. The van der Waals surface area contributed by atoms with E-state index in [-0.39, 0.29) is 5.91 Å². The maximum atomic E-state index is 13.0. The molecular weight excluding hydrogens is 448 g/mol. The van der Waals surface area contributed by atoms with E-state index in [1.54, 1.807) is 28.9 Å². The molecule has 0 atom stereocenters. The highest BCUT2D eigenvalue weighted by Gasteiger charge is 2.13. The van der Waals surface area contributed by atoms with Crippen LogP contribution in [0.3, 0.4) is 0 Å². The number of aryl methyl sites for hydroxylation is 1. The minimum Gasteiger partial charge on any atom is -0.347 e. The molecule has 0 fully saturated rings. The Morgan fingerprint density at radius 1 is 1.03 bits per heavy atom. The Balaban J connectivity index is 1.28. The lowest BCUT2D eigenvalue weighted by atomic mass is 9.98. The molecule has 5 nitrogen and oxygen atoms in total. The van der Waals surface area contributed by atoms with Gasteiger partial charge in [-0.25, -0.2) is 4.98 Å². The summed E-state index contributed by atoms with van der Waals surface area (Å²) in [4.78, 5) is 19.8. The molecule has 5 aromatic rings. The zero-order valence-corrected chi connectivity index (χ0v) is 19.7. The quantitative estimate of drug-likeness (QED) is 0.316. The fraction of sp³-hybridized carbons (Fsp3) is 0.115. The number of amides is 1. The summed E-state index contributed by atoms with van der Waals surface area (Å²) in [6, 6.07) is 22.1. The Morgan fingerprint density at radius 2 is 1.88 bits per heavy atom. The second-order valence-corrected chi connectivity index (χ2v) is 9.88. The average molecular weight is 471 g/mol. The van der Waals surface area contributed by atoms with E-state index in [0.29, 0.717) is 12.1 Å². The first-order valence-corrected chi connectivity index (χ1v) is 12.3. The van der Waals surface area contributed by atoms with Crippen LogP contribution in [0.25, 0.3) is 21.7 Å². The van der Waals surface area contributed by atoms with Gasteiger partial charge in [0.1, 0.15) is 0 Å². The highest BCUT2D eigenvalue weighted by Crippen LogP contribution is 2.29. The molecule has 33 heavy (non-hydrogen) atoms. The third-order valence-electron chi connectivity index (χ3n) is 5.30. The number of hydrogen-bond acceptors (Lipinski definition) is 5. The molecule has 164 valence electrons. The van der Waals surface area contributed by atoms with Gasteiger partial charge in [-0.1, -0.05) is 42.5 Å². The molecule has 0 saturated heterocycles. The first-order chi connectivity index (χ1) is 16.2. The monoisotopic (exact) mass is 470 g/mol. The van der Waals surface area contributed by atoms with Crippen molar-refractivity contribution >= 4 is 28.6 Å². The van der Waals surface area contributed by atoms with E-state index in [1.165, 1.54) is 0 Å². The Hall–Kier alpha value is -3.55. The molecule has 0 radical (unpaired) electrons. The van der Waals surface area contributed by atoms with Crippen LogP contribution in [0.2, 0.25) is 0 Å². The first-order valence-electron chi connectivity index (χ1n) is 10.6. The van der Waals surface area contributed by atoms with Crippen molar-refractivity contribution in [2.75, 3.05) is 0 Å². The molecule has 0 bridgehead atoms. The molecule has 1 amide bonds. The molecular formula is C26H22N4OS2. The summed E-state index contributed by atoms with van der Waals surface area (Å²) in [5.74, 6) is -0.0781. The average Bonchev–Trinajstić information content (AvgIpc) is 3.60. The summed E-state index contributed by atoms with van der Waals surface area (Å²) in [7, 11) is 0. The number of carbonyl (C=O) groups is 1. The molecule has 1 N–H and O–H groups in total. The number of hydrogen-bond donors (Lipinski definition) is 1. The molecule has 0 saturated carbocycles. The Bertz CT molecular complexity index is 1370. The fourth-order valence-electron chi connectivity index (χ4n) is 3.65. The van der Waals surface area contributed by atoms with E-state index >= 15 is 0 Å². The van der Waals surface area contributed by atoms with Crippen LogP contribution in [-0.4, -0.2) is 20.7 Å². The number of thiazole rings is 1. The zero-order chi connectivity index (χ0) is 22.6. The van der Waals surface area contributed by atoms with Crippen LogP contribution >= 0.6 is 22.7 Å². The maximum absolute atomic E-state index is 13.0. The third kappa shape index (κ3) is 4.94. The topological polar surface area (TPSA) is 59.8 Å². The maximum Gasteiger partial charge on any atom is 0.252 e. The van der Waals surface area contributed by atoms with Crippen LogP contribution in [-0.2, 0) is 13.1 Å². The first kappa shape index (κ1) is 21.3. The summed E-state index contributed by atoms with van der Waals surface area (Å²) in [6.07, 6.45) is 3.72. The van der Waals surface area contributed by atoms with Crippen LogP contribution < -0.4 is 5.32 Å². The number of benzene rings is 2. The van der Waals surface area contributed by atoms with Crippen LogP contribution in [0.1, 0.15) is 25.8 Å². The van der Waals surface area contributed by atoms with E-state index in [2.05, 4.69) is 57.2 Å². The van der Waals surface area contributed by atoms with Crippen LogP contribution in [0.4, 0.5) is 0 Å². The molecule has 0 aliphatic carbocycles. The second kappa shape index (κ2) is 9.52. The lowest BCUT2D eigenvalue weighted by Gasteiger charge is -2.11. The van der Waals surface area contributed by atoms with Crippen molar-refractivity contribution in [1.29, 1.82) is 0 Å². The van der Waals surface area contributed by atoms with Crippen molar-refractivity contribution in [1.82, 2.24) is 20.1 Å². The van der Waals surface area contributed by atoms with Crippen molar-refractivity contribution in [3.05, 3.63) is 106 Å². The predicted octanol–water partition coefficient (Wildman–Crippen LogP) is 6.02. The molecule has 0 aliphatic heterocycles. The van der Waals surface area contributed by atoms with Gasteiger partial charge in [-0.2, -0.15) is 5.10 Å². The Kier molecular flexibility index (Phi) is 6.15. The SMILES string of the molecule is Cc1nc(-c2ccc(CNC(=O)c3ccccc3-c3ccc(Cn4cccn4)cc3)s2)cs1. The number of nitrogens with one attached hydrogen (secondary N) is 1. The van der Waals surface area contributed by atoms with E-state index in [1.807, 2.05) is 48.1 Å². The third-order valence-corrected chi connectivity index (χ3v) is 7.18. The highest BCUT2D eigenvalue weighted by atomic mass is 32.1. The van der Waals surface area contributed by atoms with E-state index < -0.39 is 0 Å². The molecule has 0 aliphatic rings. The lowest BCUT2D eigenvalue weighted by molar-refractivity contribution is 0.0952. The molecule has 3 aromatic heterocycles. The minimum atomic E-state index is -0.0781. The summed E-state index contributed by atoms with van der Waals surface area (Å²) in [5.41, 5.74) is 4.77. The summed E-state index contributed by atoms with van der Waals surface area (Å²) >= 11 is 3.31. The van der Waals surface area contributed by atoms with Crippen molar-refractivity contribution in [2.24, 2.45) is 0 Å². The van der Waals surface area contributed by atoms with Crippen LogP contribution in [0.15, 0.2) is 84.5 Å². The van der Waals surface area contributed by atoms with Gasteiger partial charge in [0.15, 0.2) is 0 Å². The van der Waals surface area contributed by atoms with Crippen LogP contribution in [0.5, 0.6) is 0 Å². The second-order valence-electron chi connectivity index (χ2n) is 7.65. The number of nitrogens with zero attached hydrogens (tertiary/aromatic N) is 3. The molecule has 0 spiro atoms. The van der Waals surface area contributed by atoms with Gasteiger partial charge in [-0.3, -0.25) is 9.48 Å². The van der Waals surface area contributed by atoms with Gasteiger partial charge >= 0.3 is 0 Å². The van der Waals surface area contributed by atoms with Gasteiger partial charge < -0.3 is 5.32 Å². The minimum absolute atomic E-state index is 0.0781. The number of rotatable bonds is 7. The number of aromatic nitrogens is 3. The van der Waals surface area contributed by atoms with E-state index in [4.69, 9.17) is 0 Å². The van der Waals surface area contributed by atoms with Gasteiger partial charge in [0.25, 0.3) is 5.91 Å². The van der Waals surface area contributed by atoms with Crippen LogP contribution in [0, 0.1) is 6.92 Å². The molecule has 0 unspecified atom stereocenters. The van der Waals surface area contributed by atoms with Gasteiger partial charge in [-0.15, -0.1) is 22.7 Å².